The lowest BCUT2D eigenvalue weighted by Gasteiger charge is -2.29. The van der Waals surface area contributed by atoms with E-state index in [4.69, 9.17) is 4.74 Å². The van der Waals surface area contributed by atoms with E-state index in [-0.39, 0.29) is 24.3 Å². The first-order chi connectivity index (χ1) is 13.6. The van der Waals surface area contributed by atoms with Gasteiger partial charge in [0.05, 0.1) is 5.69 Å². The Balaban J connectivity index is 2.23. The summed E-state index contributed by atoms with van der Waals surface area (Å²) in [7, 11) is 0. The topological polar surface area (TPSA) is 63.7 Å². The fourth-order valence-corrected chi connectivity index (χ4v) is 3.70. The molecule has 0 saturated carbocycles. The predicted molar refractivity (Wildman–Crippen MR) is 107 cm³/mol. The van der Waals surface area contributed by atoms with Crippen molar-refractivity contribution in [2.24, 2.45) is 0 Å². The van der Waals surface area contributed by atoms with Crippen molar-refractivity contribution in [2.75, 3.05) is 4.90 Å². The molecule has 0 radical (unpaired) electrons. The van der Waals surface area contributed by atoms with Crippen molar-refractivity contribution in [1.82, 2.24) is 0 Å². The molecule has 29 heavy (non-hydrogen) atoms. The van der Waals surface area contributed by atoms with E-state index in [0.717, 1.165) is 4.90 Å². The molecule has 1 atom stereocenters. The lowest BCUT2D eigenvalue weighted by molar-refractivity contribution is -0.122. The van der Waals surface area contributed by atoms with Crippen LogP contribution in [0.3, 0.4) is 0 Å². The average Bonchev–Trinajstić information content (AvgIpc) is 2.87. The van der Waals surface area contributed by atoms with Gasteiger partial charge in [0.1, 0.15) is 22.6 Å². The molecule has 0 fully saturated rings. The third-order valence-electron chi connectivity index (χ3n) is 4.92. The highest BCUT2D eigenvalue weighted by molar-refractivity contribution is 6.22. The van der Waals surface area contributed by atoms with Gasteiger partial charge in [-0.15, -0.1) is 0 Å². The number of rotatable bonds is 4. The van der Waals surface area contributed by atoms with Crippen LogP contribution < -0.4 is 4.90 Å². The number of ether oxygens (including phenoxy) is 1. The largest absolute Gasteiger partial charge is 0.443 e. The molecule has 0 aromatic heterocycles. The number of benzene rings is 2. The molecule has 2 aromatic carbocycles. The number of ketones is 1. The molecular formula is C23H24FNO4. The molecule has 6 heteroatoms. The van der Waals surface area contributed by atoms with E-state index in [1.54, 1.807) is 51.1 Å². The van der Waals surface area contributed by atoms with Crippen LogP contribution >= 0.6 is 0 Å². The number of halogens is 1. The molecule has 2 aromatic rings. The van der Waals surface area contributed by atoms with E-state index in [1.165, 1.54) is 25.1 Å². The van der Waals surface area contributed by atoms with Crippen LogP contribution in [0.25, 0.3) is 0 Å². The van der Waals surface area contributed by atoms with Crippen molar-refractivity contribution in [2.45, 2.75) is 51.6 Å². The summed E-state index contributed by atoms with van der Waals surface area (Å²) in [5.74, 6) is -1.16. The molecule has 1 aliphatic heterocycles. The van der Waals surface area contributed by atoms with Gasteiger partial charge in [0.2, 0.25) is 0 Å². The first-order valence-corrected chi connectivity index (χ1v) is 9.49. The first kappa shape index (κ1) is 20.7. The van der Waals surface area contributed by atoms with Gasteiger partial charge in [-0.3, -0.25) is 4.79 Å². The maximum Gasteiger partial charge on any atom is 0.421 e. The quantitative estimate of drug-likeness (QED) is 0.746. The molecule has 0 bridgehead atoms. The highest BCUT2D eigenvalue weighted by atomic mass is 19.1. The van der Waals surface area contributed by atoms with Crippen molar-refractivity contribution < 1.29 is 23.5 Å². The van der Waals surface area contributed by atoms with Gasteiger partial charge >= 0.3 is 6.09 Å². The normalized spacial score (nSPS) is 18.5. The molecule has 5 nitrogen and oxygen atoms in total. The van der Waals surface area contributed by atoms with E-state index in [2.05, 4.69) is 0 Å². The number of hydrogen-bond donors (Lipinski definition) is 0. The van der Waals surface area contributed by atoms with Gasteiger partial charge in [-0.25, -0.2) is 14.1 Å². The van der Waals surface area contributed by atoms with Crippen molar-refractivity contribution in [3.05, 3.63) is 65.5 Å². The molecule has 152 valence electrons. The van der Waals surface area contributed by atoms with Crippen LogP contribution in [0.4, 0.5) is 14.9 Å². The van der Waals surface area contributed by atoms with Crippen LogP contribution in [0.15, 0.2) is 48.5 Å². The van der Waals surface area contributed by atoms with Crippen LogP contribution in [0.5, 0.6) is 0 Å². The number of hydrogen-bond acceptors (Lipinski definition) is 4. The summed E-state index contributed by atoms with van der Waals surface area (Å²) < 4.78 is 19.7. The highest BCUT2D eigenvalue weighted by Crippen LogP contribution is 2.49. The number of anilines is 1. The second kappa shape index (κ2) is 7.43. The van der Waals surface area contributed by atoms with Crippen LogP contribution in [-0.2, 0) is 19.7 Å². The second-order valence-electron chi connectivity index (χ2n) is 8.26. The standard InChI is InChI=1S/C23H24FNO4/c1-15(26)12-13-23(16-8-6-5-7-9-16)18-14-17(24)10-11-19(18)25(20(23)27)21(28)29-22(2,3)4/h5-11,14H,12-13H2,1-4H3/t23-/m1/s1. The minimum atomic E-state index is -1.35. The van der Waals surface area contributed by atoms with Crippen molar-refractivity contribution in [1.29, 1.82) is 0 Å². The molecule has 2 amide bonds. The van der Waals surface area contributed by atoms with Crippen molar-refractivity contribution in [3.8, 4) is 0 Å². The monoisotopic (exact) mass is 397 g/mol. The summed E-state index contributed by atoms with van der Waals surface area (Å²) in [5.41, 5.74) is -0.918. The minimum absolute atomic E-state index is 0.0956. The Labute approximate surface area is 169 Å². The van der Waals surface area contributed by atoms with Crippen LogP contribution in [-0.4, -0.2) is 23.4 Å². The van der Waals surface area contributed by atoms with Gasteiger partial charge in [0, 0.05) is 6.42 Å². The Morgan fingerprint density at radius 2 is 1.76 bits per heavy atom. The average molecular weight is 397 g/mol. The Morgan fingerprint density at radius 3 is 2.34 bits per heavy atom. The zero-order chi connectivity index (χ0) is 21.4. The zero-order valence-electron chi connectivity index (χ0n) is 17.0. The van der Waals surface area contributed by atoms with Crippen LogP contribution in [0, 0.1) is 5.82 Å². The summed E-state index contributed by atoms with van der Waals surface area (Å²) >= 11 is 0. The Kier molecular flexibility index (Phi) is 5.30. The number of amides is 2. The number of nitrogens with zero attached hydrogens (tertiary/aromatic N) is 1. The first-order valence-electron chi connectivity index (χ1n) is 9.49. The molecule has 0 unspecified atom stereocenters. The molecule has 3 rings (SSSR count). The van der Waals surface area contributed by atoms with Gasteiger partial charge in [-0.1, -0.05) is 30.3 Å². The SMILES string of the molecule is CC(=O)CC[C@]1(c2ccccc2)C(=O)N(C(=O)OC(C)(C)C)c2ccc(F)cc21. The van der Waals surface area contributed by atoms with Gasteiger partial charge in [0.25, 0.3) is 5.91 Å². The molecule has 0 aliphatic carbocycles. The van der Waals surface area contributed by atoms with E-state index >= 15 is 0 Å². The Morgan fingerprint density at radius 1 is 1.10 bits per heavy atom. The summed E-state index contributed by atoms with van der Waals surface area (Å²) in [4.78, 5) is 39.4. The molecule has 1 aliphatic rings. The third kappa shape index (κ3) is 3.79. The Hall–Kier alpha value is -3.02. The Bertz CT molecular complexity index is 965. The third-order valence-corrected chi connectivity index (χ3v) is 4.92. The van der Waals surface area contributed by atoms with Gasteiger partial charge < -0.3 is 9.53 Å². The number of fused-ring (bicyclic) bond motifs is 1. The lowest BCUT2D eigenvalue weighted by atomic mass is 9.72. The summed E-state index contributed by atoms with van der Waals surface area (Å²) in [5, 5.41) is 0. The van der Waals surface area contributed by atoms with Crippen molar-refractivity contribution >= 4 is 23.5 Å². The van der Waals surface area contributed by atoms with Crippen LogP contribution in [0.1, 0.15) is 51.7 Å². The molecule has 0 saturated heterocycles. The smallest absolute Gasteiger partial charge is 0.421 e. The number of Topliss-reactive ketones (excluding diaryl/α,β-unsaturated/α-hetero) is 1. The summed E-state index contributed by atoms with van der Waals surface area (Å²) in [6, 6.07) is 12.7. The van der Waals surface area contributed by atoms with Gasteiger partial charge in [-0.2, -0.15) is 0 Å². The summed E-state index contributed by atoms with van der Waals surface area (Å²) in [6.07, 6.45) is -0.587. The highest BCUT2D eigenvalue weighted by Gasteiger charge is 2.54. The fraction of sp³-hybridized carbons (Fsp3) is 0.348. The van der Waals surface area contributed by atoms with E-state index in [1.807, 2.05) is 0 Å². The van der Waals surface area contributed by atoms with Gasteiger partial charge in [-0.05, 0) is 63.4 Å². The number of carbonyl (C=O) groups excluding carboxylic acids is 3. The van der Waals surface area contributed by atoms with E-state index in [0.29, 0.717) is 11.1 Å². The fourth-order valence-electron chi connectivity index (χ4n) is 3.70. The maximum absolute atomic E-state index is 14.2. The van der Waals surface area contributed by atoms with Crippen LogP contribution in [0.2, 0.25) is 0 Å². The maximum atomic E-state index is 14.2. The lowest BCUT2D eigenvalue weighted by Crippen LogP contribution is -2.46. The predicted octanol–water partition coefficient (Wildman–Crippen LogP) is 4.76. The number of carbonyl (C=O) groups is 3. The minimum Gasteiger partial charge on any atom is -0.443 e. The molecular weight excluding hydrogens is 373 g/mol. The number of imide groups is 1. The van der Waals surface area contributed by atoms with Crippen molar-refractivity contribution in [3.63, 3.8) is 0 Å². The van der Waals surface area contributed by atoms with E-state index < -0.39 is 28.8 Å². The van der Waals surface area contributed by atoms with E-state index in [9.17, 15) is 18.8 Å². The molecule has 1 heterocycles. The van der Waals surface area contributed by atoms with Gasteiger partial charge in [0.15, 0.2) is 0 Å². The molecule has 0 N–H and O–H groups in total. The zero-order valence-corrected chi connectivity index (χ0v) is 17.0. The molecule has 0 spiro atoms. The second-order valence-corrected chi connectivity index (χ2v) is 8.26. The summed E-state index contributed by atoms with van der Waals surface area (Å²) in [6.45, 7) is 6.56.